The normalized spacial score (nSPS) is 11.5. The fraction of sp³-hybridized carbons (Fsp3) is 0.200. The van der Waals surface area contributed by atoms with Gasteiger partial charge in [0.1, 0.15) is 0 Å². The molecule has 2 amide bonds. The van der Waals surface area contributed by atoms with Crippen LogP contribution in [0.5, 0.6) is 0 Å². The lowest BCUT2D eigenvalue weighted by atomic mass is 10.1. The fourth-order valence-electron chi connectivity index (χ4n) is 3.23. The van der Waals surface area contributed by atoms with Crippen molar-refractivity contribution in [2.75, 3.05) is 17.3 Å². The van der Waals surface area contributed by atoms with Crippen molar-refractivity contribution < 1.29 is 14.0 Å². The monoisotopic (exact) mass is 419 g/mol. The molecule has 0 saturated carbocycles. The third-order valence-electron chi connectivity index (χ3n) is 4.85. The van der Waals surface area contributed by atoms with Crippen molar-refractivity contribution >= 4 is 23.2 Å². The lowest BCUT2D eigenvalue weighted by molar-refractivity contribution is -0.122. The van der Waals surface area contributed by atoms with Crippen molar-refractivity contribution in [2.24, 2.45) is 0 Å². The van der Waals surface area contributed by atoms with Crippen LogP contribution in [0.25, 0.3) is 0 Å². The highest BCUT2D eigenvalue weighted by atomic mass is 19.1. The molecule has 0 saturated heterocycles. The van der Waals surface area contributed by atoms with Gasteiger partial charge in [-0.3, -0.25) is 9.59 Å². The zero-order valence-electron chi connectivity index (χ0n) is 17.6. The van der Waals surface area contributed by atoms with Gasteiger partial charge in [0.05, 0.1) is 0 Å². The van der Waals surface area contributed by atoms with Gasteiger partial charge in [-0.1, -0.05) is 42.0 Å². The molecule has 1 atom stereocenters. The summed E-state index contributed by atoms with van der Waals surface area (Å²) in [5.74, 6) is -0.777. The molecule has 0 aliphatic heterocycles. The van der Waals surface area contributed by atoms with E-state index in [0.29, 0.717) is 5.56 Å². The minimum absolute atomic E-state index is 0.0218. The number of benzene rings is 3. The minimum atomic E-state index is -1.02. The van der Waals surface area contributed by atoms with Crippen molar-refractivity contribution in [2.45, 2.75) is 26.4 Å². The average molecular weight is 420 g/mol. The van der Waals surface area contributed by atoms with Gasteiger partial charge in [-0.15, -0.1) is 0 Å². The molecule has 3 aromatic carbocycles. The predicted octanol–water partition coefficient (Wildman–Crippen LogP) is 5.01. The molecule has 0 bridgehead atoms. The van der Waals surface area contributed by atoms with Crippen molar-refractivity contribution in [1.29, 1.82) is 0 Å². The molecular formula is C25H26FN3O2. The van der Waals surface area contributed by atoms with E-state index in [1.54, 1.807) is 6.07 Å². The number of carbonyl (C=O) groups is 2. The van der Waals surface area contributed by atoms with Crippen LogP contribution in [0.15, 0.2) is 72.8 Å². The molecule has 6 heteroatoms. The molecule has 0 spiro atoms. The number of rotatable bonds is 8. The van der Waals surface area contributed by atoms with E-state index in [0.717, 1.165) is 28.1 Å². The van der Waals surface area contributed by atoms with Crippen molar-refractivity contribution in [3.63, 3.8) is 0 Å². The van der Waals surface area contributed by atoms with E-state index in [1.807, 2.05) is 80.6 Å². The van der Waals surface area contributed by atoms with Gasteiger partial charge in [0.25, 0.3) is 11.8 Å². The molecule has 3 N–H and O–H groups in total. The second-order valence-corrected chi connectivity index (χ2v) is 7.43. The summed E-state index contributed by atoms with van der Waals surface area (Å²) in [6.07, 6.45) is 0. The Balaban J connectivity index is 1.65. The van der Waals surface area contributed by atoms with Gasteiger partial charge in [-0.2, -0.15) is 0 Å². The summed E-state index contributed by atoms with van der Waals surface area (Å²) in [4.78, 5) is 23.6. The minimum Gasteiger partial charge on any atom is -0.379 e. The number of anilines is 2. The van der Waals surface area contributed by atoms with Gasteiger partial charge in [0, 0.05) is 29.5 Å². The highest BCUT2D eigenvalue weighted by molar-refractivity contribution is 6.04. The van der Waals surface area contributed by atoms with Gasteiger partial charge < -0.3 is 16.0 Å². The van der Waals surface area contributed by atoms with Crippen LogP contribution in [0.2, 0.25) is 0 Å². The number of halogens is 1. The first-order chi connectivity index (χ1) is 14.9. The molecule has 0 heterocycles. The van der Waals surface area contributed by atoms with Gasteiger partial charge in [0.15, 0.2) is 6.67 Å². The SMILES string of the molecule is Cc1cccc(C(=O)Nc2cccc(C(C)Nc3cccc(CNC(=O)CF)c3)c2)c1. The summed E-state index contributed by atoms with van der Waals surface area (Å²) in [6, 6.07) is 22.7. The third kappa shape index (κ3) is 6.40. The Morgan fingerprint density at radius 2 is 1.68 bits per heavy atom. The van der Waals surface area contributed by atoms with Crippen LogP contribution >= 0.6 is 0 Å². The zero-order valence-corrected chi connectivity index (χ0v) is 17.6. The molecule has 3 rings (SSSR count). The Kier molecular flexibility index (Phi) is 7.38. The summed E-state index contributed by atoms with van der Waals surface area (Å²) >= 11 is 0. The topological polar surface area (TPSA) is 70.2 Å². The van der Waals surface area contributed by atoms with Gasteiger partial charge in [0.2, 0.25) is 0 Å². The second kappa shape index (κ2) is 10.4. The molecule has 31 heavy (non-hydrogen) atoms. The molecule has 0 aliphatic carbocycles. The first-order valence-electron chi connectivity index (χ1n) is 10.1. The average Bonchev–Trinajstić information content (AvgIpc) is 2.78. The highest BCUT2D eigenvalue weighted by Gasteiger charge is 2.10. The molecule has 0 fully saturated rings. The van der Waals surface area contributed by atoms with E-state index in [9.17, 15) is 14.0 Å². The predicted molar refractivity (Wildman–Crippen MR) is 122 cm³/mol. The maximum Gasteiger partial charge on any atom is 0.255 e. The fourth-order valence-corrected chi connectivity index (χ4v) is 3.23. The van der Waals surface area contributed by atoms with Crippen molar-refractivity contribution in [1.82, 2.24) is 5.32 Å². The van der Waals surface area contributed by atoms with E-state index in [-0.39, 0.29) is 18.5 Å². The summed E-state index contributed by atoms with van der Waals surface area (Å²) < 4.78 is 12.3. The van der Waals surface area contributed by atoms with E-state index >= 15 is 0 Å². The third-order valence-corrected chi connectivity index (χ3v) is 4.85. The lowest BCUT2D eigenvalue weighted by Crippen LogP contribution is -2.24. The number of aryl methyl sites for hydroxylation is 1. The van der Waals surface area contributed by atoms with Gasteiger partial charge in [-0.05, 0) is 61.4 Å². The second-order valence-electron chi connectivity index (χ2n) is 7.43. The largest absolute Gasteiger partial charge is 0.379 e. The first-order valence-corrected chi connectivity index (χ1v) is 10.1. The van der Waals surface area contributed by atoms with Gasteiger partial charge in [-0.25, -0.2) is 4.39 Å². The maximum absolute atomic E-state index is 12.5. The Labute approximate surface area is 181 Å². The molecule has 0 aromatic heterocycles. The van der Waals surface area contributed by atoms with Crippen LogP contribution in [0.3, 0.4) is 0 Å². The standard InChI is InChI=1S/C25H26FN3O2/c1-17-6-3-9-21(12-17)25(31)29-23-11-5-8-20(14-23)18(2)28-22-10-4-7-19(13-22)16-27-24(30)15-26/h3-14,18,28H,15-16H2,1-2H3,(H,27,30)(H,29,31). The Morgan fingerprint density at radius 1 is 0.935 bits per heavy atom. The first kappa shape index (κ1) is 22.0. The number of nitrogens with one attached hydrogen (secondary N) is 3. The summed E-state index contributed by atoms with van der Waals surface area (Å²) in [7, 11) is 0. The number of alkyl halides is 1. The Hall–Kier alpha value is -3.67. The lowest BCUT2D eigenvalue weighted by Gasteiger charge is -2.18. The molecule has 1 unspecified atom stereocenters. The Morgan fingerprint density at radius 3 is 2.45 bits per heavy atom. The number of hydrogen-bond donors (Lipinski definition) is 3. The summed E-state index contributed by atoms with van der Waals surface area (Å²) in [6.45, 7) is 3.23. The van der Waals surface area contributed by atoms with Crippen molar-refractivity contribution in [3.8, 4) is 0 Å². The van der Waals surface area contributed by atoms with E-state index < -0.39 is 12.6 Å². The van der Waals surface area contributed by atoms with Crippen LogP contribution < -0.4 is 16.0 Å². The van der Waals surface area contributed by atoms with E-state index in [4.69, 9.17) is 0 Å². The molecule has 5 nitrogen and oxygen atoms in total. The zero-order chi connectivity index (χ0) is 22.2. The maximum atomic E-state index is 12.5. The number of carbonyl (C=O) groups excluding carboxylic acids is 2. The highest BCUT2D eigenvalue weighted by Crippen LogP contribution is 2.23. The van der Waals surface area contributed by atoms with Crippen molar-refractivity contribution in [3.05, 3.63) is 95.1 Å². The quantitative estimate of drug-likeness (QED) is 0.481. The van der Waals surface area contributed by atoms with Crippen LogP contribution in [0.4, 0.5) is 15.8 Å². The van der Waals surface area contributed by atoms with Crippen LogP contribution in [-0.4, -0.2) is 18.5 Å². The molecule has 3 aromatic rings. The number of amides is 2. The van der Waals surface area contributed by atoms with Crippen LogP contribution in [0.1, 0.15) is 40.0 Å². The van der Waals surface area contributed by atoms with E-state index in [1.165, 1.54) is 0 Å². The van der Waals surface area contributed by atoms with Crippen LogP contribution in [0, 0.1) is 6.92 Å². The Bertz CT molecular complexity index is 1070. The van der Waals surface area contributed by atoms with Crippen LogP contribution in [-0.2, 0) is 11.3 Å². The van der Waals surface area contributed by atoms with E-state index in [2.05, 4.69) is 16.0 Å². The molecule has 0 aliphatic rings. The summed E-state index contributed by atoms with van der Waals surface area (Å²) in [5, 5.41) is 8.89. The molecule has 160 valence electrons. The summed E-state index contributed by atoms with van der Waals surface area (Å²) in [5.41, 5.74) is 5.14. The number of hydrogen-bond acceptors (Lipinski definition) is 3. The smallest absolute Gasteiger partial charge is 0.255 e. The molecule has 0 radical (unpaired) electrons. The van der Waals surface area contributed by atoms with Gasteiger partial charge >= 0.3 is 0 Å². The molecular weight excluding hydrogens is 393 g/mol.